The average molecular weight is 248 g/mol. The van der Waals surface area contributed by atoms with Gasteiger partial charge in [0.2, 0.25) is 0 Å². The molecule has 0 saturated heterocycles. The van der Waals surface area contributed by atoms with E-state index in [0.29, 0.717) is 0 Å². The first-order valence-corrected chi connectivity index (χ1v) is 4.82. The summed E-state index contributed by atoms with van der Waals surface area (Å²) in [4.78, 5) is 21.6. The highest BCUT2D eigenvalue weighted by molar-refractivity contribution is 5.87. The predicted molar refractivity (Wildman–Crippen MR) is 55.9 cm³/mol. The van der Waals surface area contributed by atoms with E-state index >= 15 is 0 Å². The lowest BCUT2D eigenvalue weighted by Gasteiger charge is -2.27. The van der Waals surface area contributed by atoms with E-state index in [1.165, 1.54) is 6.92 Å². The van der Waals surface area contributed by atoms with Crippen molar-refractivity contribution in [2.45, 2.75) is 31.3 Å². The number of hydrogen-bond acceptors (Lipinski definition) is 7. The molecular weight excluding hydrogens is 232 g/mol. The van der Waals surface area contributed by atoms with E-state index in [9.17, 15) is 19.8 Å². The molecule has 0 amide bonds. The summed E-state index contributed by atoms with van der Waals surface area (Å²) in [7, 11) is 0. The van der Waals surface area contributed by atoms with Crippen molar-refractivity contribution in [2.75, 3.05) is 6.61 Å². The van der Waals surface area contributed by atoms with Crippen molar-refractivity contribution in [3.8, 4) is 0 Å². The van der Waals surface area contributed by atoms with Crippen LogP contribution in [0.4, 0.5) is 0 Å². The van der Waals surface area contributed by atoms with E-state index in [0.717, 1.165) is 0 Å². The molecule has 0 radical (unpaired) electrons. The maximum absolute atomic E-state index is 11.2. The van der Waals surface area contributed by atoms with Crippen LogP contribution in [0.15, 0.2) is 12.2 Å². The minimum absolute atomic E-state index is 0.00112. The second-order valence-electron chi connectivity index (χ2n) is 3.52. The molecule has 0 unspecified atom stereocenters. The fourth-order valence-electron chi connectivity index (χ4n) is 0.970. The van der Waals surface area contributed by atoms with Crippen LogP contribution < -0.4 is 0 Å². The number of aliphatic hydroxyl groups excluding tert-OH is 4. The zero-order chi connectivity index (χ0) is 13.6. The van der Waals surface area contributed by atoms with Crippen LogP contribution in [0.5, 0.6) is 0 Å². The second-order valence-corrected chi connectivity index (χ2v) is 3.52. The van der Waals surface area contributed by atoms with Crippen molar-refractivity contribution in [1.82, 2.24) is 0 Å². The second kappa shape index (κ2) is 7.13. The molecule has 0 fully saturated rings. The lowest BCUT2D eigenvalue weighted by Crippen LogP contribution is -2.49. The minimum Gasteiger partial charge on any atom is -0.453 e. The molecule has 0 aliphatic carbocycles. The van der Waals surface area contributed by atoms with Gasteiger partial charge >= 0.3 is 5.97 Å². The van der Waals surface area contributed by atoms with Crippen molar-refractivity contribution >= 4 is 12.3 Å². The van der Waals surface area contributed by atoms with Crippen molar-refractivity contribution < 1.29 is 34.8 Å². The lowest BCUT2D eigenvalue weighted by atomic mass is 10.0. The zero-order valence-electron chi connectivity index (χ0n) is 9.31. The Kier molecular flexibility index (Phi) is 6.59. The van der Waals surface area contributed by atoms with Gasteiger partial charge in [-0.1, -0.05) is 6.58 Å². The van der Waals surface area contributed by atoms with Gasteiger partial charge in [0, 0.05) is 5.57 Å². The molecular formula is C10H16O7. The van der Waals surface area contributed by atoms with Crippen LogP contribution in [0.2, 0.25) is 0 Å². The fraction of sp³-hybridized carbons (Fsp3) is 0.600. The molecule has 4 N–H and O–H groups in total. The highest BCUT2D eigenvalue weighted by Crippen LogP contribution is 2.10. The summed E-state index contributed by atoms with van der Waals surface area (Å²) in [6, 6.07) is 0. The van der Waals surface area contributed by atoms with Crippen LogP contribution in [-0.2, 0) is 14.3 Å². The molecule has 0 aliphatic heterocycles. The molecule has 7 heteroatoms. The maximum atomic E-state index is 11.2. The van der Waals surface area contributed by atoms with Gasteiger partial charge in [0.05, 0.1) is 6.61 Å². The van der Waals surface area contributed by atoms with Crippen LogP contribution >= 0.6 is 0 Å². The highest BCUT2D eigenvalue weighted by Gasteiger charge is 2.35. The Bertz CT molecular complexity index is 288. The number of aldehydes is 1. The van der Waals surface area contributed by atoms with Gasteiger partial charge in [-0.05, 0) is 6.92 Å². The molecule has 0 spiro atoms. The van der Waals surface area contributed by atoms with Crippen LogP contribution in [0.1, 0.15) is 6.92 Å². The van der Waals surface area contributed by atoms with Gasteiger partial charge in [0.1, 0.15) is 18.3 Å². The molecule has 0 rings (SSSR count). The monoisotopic (exact) mass is 248 g/mol. The predicted octanol–water partition coefficient (Wildman–Crippen LogP) is -2.25. The standard InChI is InChI=1S/C10H16O7/c1-5(2)10(16)17-9(7(14)4-12)8(15)6(13)3-11/h4,6-9,11,13-15H,1,3H2,2H3/t6-,7+,8-,9-/m1/s1. The van der Waals surface area contributed by atoms with Crippen LogP contribution in [0.3, 0.4) is 0 Å². The van der Waals surface area contributed by atoms with Gasteiger partial charge in [-0.2, -0.15) is 0 Å². The molecule has 98 valence electrons. The number of aliphatic hydroxyl groups is 4. The number of carbonyl (C=O) groups excluding carboxylic acids is 2. The zero-order valence-corrected chi connectivity index (χ0v) is 9.31. The summed E-state index contributed by atoms with van der Waals surface area (Å²) in [6.07, 6.45) is -6.87. The Morgan fingerprint density at radius 2 is 1.94 bits per heavy atom. The molecule has 17 heavy (non-hydrogen) atoms. The molecule has 4 atom stereocenters. The van der Waals surface area contributed by atoms with E-state index in [4.69, 9.17) is 10.2 Å². The SMILES string of the molecule is C=C(C)C(=O)O[C@@H]([C@H](O)[C@H](O)CO)[C@@H](O)C=O. The molecule has 0 aromatic rings. The highest BCUT2D eigenvalue weighted by atomic mass is 16.6. The van der Waals surface area contributed by atoms with E-state index in [-0.39, 0.29) is 11.9 Å². The Hall–Kier alpha value is -1.28. The number of esters is 1. The summed E-state index contributed by atoms with van der Waals surface area (Å²) in [5.74, 6) is -0.930. The van der Waals surface area contributed by atoms with Crippen LogP contribution in [0, 0.1) is 0 Å². The Balaban J connectivity index is 4.81. The van der Waals surface area contributed by atoms with Gasteiger partial charge in [-0.15, -0.1) is 0 Å². The molecule has 0 saturated carbocycles. The molecule has 0 bridgehead atoms. The van der Waals surface area contributed by atoms with Gasteiger partial charge in [-0.25, -0.2) is 4.79 Å². The third-order valence-corrected chi connectivity index (χ3v) is 1.99. The number of hydrogen-bond donors (Lipinski definition) is 4. The van der Waals surface area contributed by atoms with Crippen molar-refractivity contribution in [2.24, 2.45) is 0 Å². The maximum Gasteiger partial charge on any atom is 0.333 e. The smallest absolute Gasteiger partial charge is 0.333 e. The van der Waals surface area contributed by atoms with Gasteiger partial charge in [-0.3, -0.25) is 0 Å². The van der Waals surface area contributed by atoms with Gasteiger partial charge in [0.15, 0.2) is 12.4 Å². The Morgan fingerprint density at radius 1 is 1.41 bits per heavy atom. The number of ether oxygens (including phenoxy) is 1. The van der Waals surface area contributed by atoms with E-state index in [1.54, 1.807) is 0 Å². The first-order valence-electron chi connectivity index (χ1n) is 4.82. The Labute approximate surface area is 97.9 Å². The summed E-state index contributed by atoms with van der Waals surface area (Å²) in [5.41, 5.74) is -0.00112. The van der Waals surface area contributed by atoms with E-state index in [2.05, 4.69) is 11.3 Å². The van der Waals surface area contributed by atoms with E-state index in [1.807, 2.05) is 0 Å². The van der Waals surface area contributed by atoms with Crippen molar-refractivity contribution in [1.29, 1.82) is 0 Å². The molecule has 0 aliphatic rings. The van der Waals surface area contributed by atoms with Gasteiger partial charge < -0.3 is 30.0 Å². The van der Waals surface area contributed by atoms with Gasteiger partial charge in [0.25, 0.3) is 0 Å². The first kappa shape index (κ1) is 15.7. The fourth-order valence-corrected chi connectivity index (χ4v) is 0.970. The molecule has 0 heterocycles. The largest absolute Gasteiger partial charge is 0.453 e. The lowest BCUT2D eigenvalue weighted by molar-refractivity contribution is -0.170. The van der Waals surface area contributed by atoms with Crippen LogP contribution in [0.25, 0.3) is 0 Å². The number of rotatable bonds is 7. The van der Waals surface area contributed by atoms with Crippen molar-refractivity contribution in [3.63, 3.8) is 0 Å². The van der Waals surface area contributed by atoms with Crippen LogP contribution in [-0.4, -0.2) is 63.7 Å². The van der Waals surface area contributed by atoms with E-state index < -0.39 is 37.0 Å². The minimum atomic E-state index is -1.81. The van der Waals surface area contributed by atoms with Crippen molar-refractivity contribution in [3.05, 3.63) is 12.2 Å². The first-order chi connectivity index (χ1) is 7.84. The third kappa shape index (κ3) is 4.61. The molecule has 0 aromatic carbocycles. The normalized spacial score (nSPS) is 17.7. The average Bonchev–Trinajstić information content (AvgIpc) is 2.32. The number of carbonyl (C=O) groups is 2. The molecule has 0 aromatic heterocycles. The Morgan fingerprint density at radius 3 is 2.29 bits per heavy atom. The quantitative estimate of drug-likeness (QED) is 0.228. The topological polar surface area (TPSA) is 124 Å². The molecule has 7 nitrogen and oxygen atoms in total. The summed E-state index contributed by atoms with van der Waals surface area (Å²) in [6.45, 7) is 3.80. The summed E-state index contributed by atoms with van der Waals surface area (Å²) in [5, 5.41) is 36.5. The third-order valence-electron chi connectivity index (χ3n) is 1.99. The summed E-state index contributed by atoms with van der Waals surface area (Å²) < 4.78 is 4.61. The summed E-state index contributed by atoms with van der Waals surface area (Å²) >= 11 is 0.